The second kappa shape index (κ2) is 9.66. The van der Waals surface area contributed by atoms with E-state index in [9.17, 15) is 9.59 Å². The summed E-state index contributed by atoms with van der Waals surface area (Å²) in [6.07, 6.45) is 0. The number of furan rings is 1. The molecule has 3 aromatic heterocycles. The Labute approximate surface area is 200 Å². The Morgan fingerprint density at radius 1 is 1.09 bits per heavy atom. The number of amides is 2. The number of hydrogen-bond acceptors (Lipinski definition) is 7. The number of nitrogens with zero attached hydrogens (tertiary/aromatic N) is 2. The van der Waals surface area contributed by atoms with Crippen molar-refractivity contribution in [2.24, 2.45) is 0 Å². The van der Waals surface area contributed by atoms with Gasteiger partial charge in [0.15, 0.2) is 0 Å². The van der Waals surface area contributed by atoms with Crippen LogP contribution in [-0.4, -0.2) is 42.2 Å². The molecular formula is C24H23ClN4O5. The topological polar surface area (TPSA) is 119 Å². The number of carbonyl (C=O) groups excluding carboxylic acids is 2. The Balaban J connectivity index is 1.64. The Hall–Kier alpha value is -3.69. The van der Waals surface area contributed by atoms with E-state index in [1.807, 2.05) is 19.9 Å². The molecular weight excluding hydrogens is 460 g/mol. The number of pyridine rings is 1. The number of halogens is 1. The van der Waals surface area contributed by atoms with Crippen LogP contribution in [0.4, 0.5) is 5.69 Å². The van der Waals surface area contributed by atoms with Gasteiger partial charge < -0.3 is 24.3 Å². The smallest absolute Gasteiger partial charge is 0.259 e. The zero-order valence-corrected chi connectivity index (χ0v) is 19.9. The molecule has 0 radical (unpaired) electrons. The fraction of sp³-hybridized carbons (Fsp3) is 0.250. The number of anilines is 1. The highest BCUT2D eigenvalue weighted by Crippen LogP contribution is 2.31. The van der Waals surface area contributed by atoms with E-state index in [1.54, 1.807) is 32.2 Å². The highest BCUT2D eigenvalue weighted by Gasteiger charge is 2.21. The second-order valence-corrected chi connectivity index (χ2v) is 8.13. The van der Waals surface area contributed by atoms with Crippen molar-refractivity contribution in [2.75, 3.05) is 25.6 Å². The fourth-order valence-corrected chi connectivity index (χ4v) is 3.90. The van der Waals surface area contributed by atoms with E-state index in [0.29, 0.717) is 52.5 Å². The van der Waals surface area contributed by atoms with Crippen LogP contribution in [0.1, 0.15) is 37.9 Å². The number of aromatic nitrogens is 2. The Bertz CT molecular complexity index is 1390. The minimum absolute atomic E-state index is 0.207. The molecule has 3 heterocycles. The number of aryl methyl sites for hydroxylation is 3. The molecule has 1 aromatic carbocycles. The van der Waals surface area contributed by atoms with Gasteiger partial charge in [0.25, 0.3) is 17.5 Å². The maximum absolute atomic E-state index is 13.3. The van der Waals surface area contributed by atoms with Crippen LogP contribution in [0.25, 0.3) is 22.4 Å². The number of fused-ring (bicyclic) bond motifs is 1. The lowest BCUT2D eigenvalue weighted by molar-refractivity contribution is 0.0936. The molecule has 9 nitrogen and oxygen atoms in total. The maximum Gasteiger partial charge on any atom is 0.259 e. The van der Waals surface area contributed by atoms with Gasteiger partial charge in [0.2, 0.25) is 0 Å². The SMILES string of the molecule is COCCNC(=O)c1ccc(NC(=O)c2cc(-c3cc(C)oc3C)nc3onc(C)c23)cc1Cl. The van der Waals surface area contributed by atoms with E-state index in [0.717, 1.165) is 11.3 Å². The number of benzene rings is 1. The molecule has 0 unspecified atom stereocenters. The third-order valence-corrected chi connectivity index (χ3v) is 5.55. The maximum atomic E-state index is 13.3. The van der Waals surface area contributed by atoms with E-state index in [2.05, 4.69) is 20.8 Å². The summed E-state index contributed by atoms with van der Waals surface area (Å²) in [5, 5.41) is 10.2. The van der Waals surface area contributed by atoms with Crippen LogP contribution in [0.5, 0.6) is 0 Å². The van der Waals surface area contributed by atoms with Crippen LogP contribution < -0.4 is 10.6 Å². The predicted octanol–water partition coefficient (Wildman–Crippen LogP) is 4.69. The number of carbonyl (C=O) groups is 2. The third-order valence-electron chi connectivity index (χ3n) is 5.24. The number of ether oxygens (including phenoxy) is 1. The van der Waals surface area contributed by atoms with Crippen LogP contribution in [0.3, 0.4) is 0 Å². The van der Waals surface area contributed by atoms with E-state index in [1.165, 1.54) is 6.07 Å². The first-order chi connectivity index (χ1) is 16.3. The summed E-state index contributed by atoms with van der Waals surface area (Å²) in [5.41, 5.74) is 3.15. The molecule has 0 fully saturated rings. The van der Waals surface area contributed by atoms with E-state index in [4.69, 9.17) is 25.3 Å². The van der Waals surface area contributed by atoms with Gasteiger partial charge in [0.05, 0.1) is 39.5 Å². The molecule has 0 atom stereocenters. The number of nitrogens with one attached hydrogen (secondary N) is 2. The summed E-state index contributed by atoms with van der Waals surface area (Å²) in [7, 11) is 1.55. The van der Waals surface area contributed by atoms with E-state index in [-0.39, 0.29) is 16.6 Å². The third kappa shape index (κ3) is 4.66. The van der Waals surface area contributed by atoms with Crippen molar-refractivity contribution in [3.8, 4) is 11.3 Å². The average molecular weight is 483 g/mol. The fourth-order valence-electron chi connectivity index (χ4n) is 3.63. The molecule has 0 bridgehead atoms. The lowest BCUT2D eigenvalue weighted by Crippen LogP contribution is -2.27. The van der Waals surface area contributed by atoms with Gasteiger partial charge in [-0.2, -0.15) is 0 Å². The first-order valence-corrected chi connectivity index (χ1v) is 10.9. The highest BCUT2D eigenvalue weighted by molar-refractivity contribution is 6.34. The standard InChI is InChI=1S/C24H23ClN4O5/c1-12-9-17(14(3)33-12)20-11-18(21-13(2)29-34-24(21)28-20)23(31)27-15-5-6-16(19(25)10-15)22(30)26-7-8-32-4/h5-6,9-11H,7-8H2,1-4H3,(H,26,30)(H,27,31). The molecule has 34 heavy (non-hydrogen) atoms. The molecule has 0 aliphatic carbocycles. The molecule has 176 valence electrons. The van der Waals surface area contributed by atoms with Crippen LogP contribution in [0, 0.1) is 20.8 Å². The van der Waals surface area contributed by atoms with Crippen LogP contribution >= 0.6 is 11.6 Å². The van der Waals surface area contributed by atoms with E-state index >= 15 is 0 Å². The first kappa shape index (κ1) is 23.5. The molecule has 0 spiro atoms. The van der Waals surface area contributed by atoms with Gasteiger partial charge >= 0.3 is 0 Å². The van der Waals surface area contributed by atoms with Crippen molar-refractivity contribution in [1.29, 1.82) is 0 Å². The first-order valence-electron chi connectivity index (χ1n) is 10.5. The van der Waals surface area contributed by atoms with Crippen LogP contribution in [-0.2, 0) is 4.74 Å². The summed E-state index contributed by atoms with van der Waals surface area (Å²) in [6, 6.07) is 8.21. The van der Waals surface area contributed by atoms with Gasteiger partial charge in [-0.15, -0.1) is 0 Å². The number of methoxy groups -OCH3 is 1. The largest absolute Gasteiger partial charge is 0.466 e. The van der Waals surface area contributed by atoms with Crippen LogP contribution in [0.2, 0.25) is 5.02 Å². The Morgan fingerprint density at radius 2 is 1.88 bits per heavy atom. The quantitative estimate of drug-likeness (QED) is 0.366. The molecule has 0 saturated heterocycles. The summed E-state index contributed by atoms with van der Waals surface area (Å²) in [4.78, 5) is 30.1. The molecule has 0 aliphatic rings. The molecule has 2 amide bonds. The second-order valence-electron chi connectivity index (χ2n) is 7.73. The van der Waals surface area contributed by atoms with Crippen molar-refractivity contribution < 1.29 is 23.3 Å². The minimum Gasteiger partial charge on any atom is -0.466 e. The van der Waals surface area contributed by atoms with Gasteiger partial charge in [-0.1, -0.05) is 16.8 Å². The minimum atomic E-state index is -0.397. The predicted molar refractivity (Wildman–Crippen MR) is 127 cm³/mol. The van der Waals surface area contributed by atoms with E-state index < -0.39 is 5.91 Å². The van der Waals surface area contributed by atoms with Gasteiger partial charge in [-0.3, -0.25) is 9.59 Å². The zero-order valence-electron chi connectivity index (χ0n) is 19.1. The lowest BCUT2D eigenvalue weighted by atomic mass is 10.1. The molecule has 10 heteroatoms. The van der Waals surface area contributed by atoms with Gasteiger partial charge in [-0.05, 0) is 51.1 Å². The van der Waals surface area contributed by atoms with Crippen molar-refractivity contribution in [1.82, 2.24) is 15.5 Å². The summed E-state index contributed by atoms with van der Waals surface area (Å²) in [6.45, 7) is 6.16. The molecule has 4 rings (SSSR count). The van der Waals surface area contributed by atoms with Gasteiger partial charge in [0.1, 0.15) is 11.5 Å². The lowest BCUT2D eigenvalue weighted by Gasteiger charge is -2.10. The average Bonchev–Trinajstić information content (AvgIpc) is 3.34. The summed E-state index contributed by atoms with van der Waals surface area (Å²) in [5.74, 6) is 0.686. The van der Waals surface area contributed by atoms with Crippen molar-refractivity contribution in [3.63, 3.8) is 0 Å². The normalized spacial score (nSPS) is 11.1. The highest BCUT2D eigenvalue weighted by atomic mass is 35.5. The Morgan fingerprint density at radius 3 is 2.56 bits per heavy atom. The summed E-state index contributed by atoms with van der Waals surface area (Å²) >= 11 is 6.31. The molecule has 4 aromatic rings. The zero-order chi connectivity index (χ0) is 24.4. The van der Waals surface area contributed by atoms with Crippen molar-refractivity contribution in [3.05, 3.63) is 63.7 Å². The van der Waals surface area contributed by atoms with Gasteiger partial charge in [0, 0.05) is 24.9 Å². The monoisotopic (exact) mass is 482 g/mol. The number of rotatable bonds is 7. The summed E-state index contributed by atoms with van der Waals surface area (Å²) < 4.78 is 15.9. The van der Waals surface area contributed by atoms with Crippen LogP contribution in [0.15, 0.2) is 39.3 Å². The Kier molecular flexibility index (Phi) is 6.67. The number of hydrogen-bond donors (Lipinski definition) is 2. The molecule has 0 saturated carbocycles. The van der Waals surface area contributed by atoms with Gasteiger partial charge in [-0.25, -0.2) is 4.98 Å². The van der Waals surface area contributed by atoms with Crippen molar-refractivity contribution in [2.45, 2.75) is 20.8 Å². The molecule has 0 aliphatic heterocycles. The molecule has 2 N–H and O–H groups in total. The van der Waals surface area contributed by atoms with Crippen molar-refractivity contribution >= 4 is 40.2 Å².